The molecule has 0 fully saturated rings. The number of hydrogen-bond donors (Lipinski definition) is 1. The maximum Gasteiger partial charge on any atom is 0.408 e. The first kappa shape index (κ1) is 25.9. The fourth-order valence-electron chi connectivity index (χ4n) is 2.61. The van der Waals surface area contributed by atoms with Crippen LogP contribution in [0.5, 0.6) is 5.75 Å². The summed E-state index contributed by atoms with van der Waals surface area (Å²) in [7, 11) is 0. The Bertz CT molecular complexity index is 620. The molecule has 0 heterocycles. The van der Waals surface area contributed by atoms with Crippen LogP contribution in [-0.2, 0) is 19.0 Å². The number of benzene rings is 1. The molecule has 1 N–H and O–H groups in total. The summed E-state index contributed by atoms with van der Waals surface area (Å²) in [6.07, 6.45) is 4.07. The summed E-state index contributed by atoms with van der Waals surface area (Å²) in [6.45, 7) is 10.1. The average Bonchev–Trinajstić information content (AvgIpc) is 2.67. The lowest BCUT2D eigenvalue weighted by Gasteiger charge is -2.22. The summed E-state index contributed by atoms with van der Waals surface area (Å²) >= 11 is 0. The molecule has 7 nitrogen and oxygen atoms in total. The number of aldehydes is 1. The second-order valence-electron chi connectivity index (χ2n) is 8.06. The quantitative estimate of drug-likeness (QED) is 0.324. The van der Waals surface area contributed by atoms with Crippen LogP contribution in [0.1, 0.15) is 66.4 Å². The molecule has 0 radical (unpaired) electrons. The molecule has 0 saturated heterocycles. The van der Waals surface area contributed by atoms with E-state index in [0.717, 1.165) is 49.9 Å². The van der Waals surface area contributed by atoms with Gasteiger partial charge in [0.1, 0.15) is 24.2 Å². The van der Waals surface area contributed by atoms with E-state index in [0.29, 0.717) is 19.8 Å². The van der Waals surface area contributed by atoms with E-state index in [1.807, 2.05) is 52.0 Å². The van der Waals surface area contributed by atoms with Crippen molar-refractivity contribution in [2.24, 2.45) is 0 Å². The normalized spacial score (nSPS) is 12.3. The molecule has 0 aromatic heterocycles. The molecule has 7 heteroatoms. The second kappa shape index (κ2) is 14.8. The minimum Gasteiger partial charge on any atom is -0.494 e. The highest BCUT2D eigenvalue weighted by Crippen LogP contribution is 2.20. The number of rotatable bonds is 15. The Hall–Kier alpha value is -2.12. The summed E-state index contributed by atoms with van der Waals surface area (Å²) in [6, 6.07) is 7.56. The molecule has 0 aliphatic rings. The molecule has 0 aliphatic heterocycles. The second-order valence-corrected chi connectivity index (χ2v) is 8.06. The summed E-state index contributed by atoms with van der Waals surface area (Å²) in [4.78, 5) is 22.0. The highest BCUT2D eigenvalue weighted by molar-refractivity contribution is 5.68. The topological polar surface area (TPSA) is 83.1 Å². The minimum absolute atomic E-state index is 0. The first-order valence-corrected chi connectivity index (χ1v) is 10.6. The van der Waals surface area contributed by atoms with E-state index < -0.39 is 11.7 Å². The summed E-state index contributed by atoms with van der Waals surface area (Å²) in [5.41, 5.74) is 0.439. The molecule has 0 unspecified atom stereocenters. The van der Waals surface area contributed by atoms with Crippen molar-refractivity contribution in [3.05, 3.63) is 29.8 Å². The van der Waals surface area contributed by atoms with E-state index >= 15 is 0 Å². The third-order valence-corrected chi connectivity index (χ3v) is 4.06. The Morgan fingerprint density at radius 1 is 1.07 bits per heavy atom. The zero-order valence-electron chi connectivity index (χ0n) is 18.8. The summed E-state index contributed by atoms with van der Waals surface area (Å²) < 4.78 is 21.7. The highest BCUT2D eigenvalue weighted by atomic mass is 16.6. The molecule has 1 aromatic carbocycles. The summed E-state index contributed by atoms with van der Waals surface area (Å²) in [5, 5.41) is 2.84. The van der Waals surface area contributed by atoms with Gasteiger partial charge in [-0.25, -0.2) is 4.79 Å². The van der Waals surface area contributed by atoms with Crippen LogP contribution in [0.4, 0.5) is 4.79 Å². The maximum atomic E-state index is 11.9. The predicted molar refractivity (Wildman–Crippen MR) is 118 cm³/mol. The fourth-order valence-corrected chi connectivity index (χ4v) is 2.61. The van der Waals surface area contributed by atoms with Gasteiger partial charge in [-0.3, -0.25) is 0 Å². The zero-order valence-corrected chi connectivity index (χ0v) is 18.8. The molecular formula is C23H39NO6. The minimum atomic E-state index is -0.523. The molecule has 0 spiro atoms. The van der Waals surface area contributed by atoms with Crippen molar-refractivity contribution in [3.63, 3.8) is 0 Å². The number of hydrogen-bond acceptors (Lipinski definition) is 6. The zero-order chi connectivity index (χ0) is 22.2. The molecule has 1 rings (SSSR count). The number of unbranched alkanes of at least 4 members (excludes halogenated alkanes) is 2. The van der Waals surface area contributed by atoms with Gasteiger partial charge in [0.05, 0.1) is 12.6 Å². The van der Waals surface area contributed by atoms with E-state index in [1.54, 1.807) is 0 Å². The largest absolute Gasteiger partial charge is 0.494 e. The molecule has 1 atom stereocenters. The van der Waals surface area contributed by atoms with Gasteiger partial charge in [0.25, 0.3) is 0 Å². The smallest absolute Gasteiger partial charge is 0.408 e. The van der Waals surface area contributed by atoms with Crippen molar-refractivity contribution in [3.8, 4) is 5.75 Å². The Balaban J connectivity index is 0.00000900. The van der Waals surface area contributed by atoms with Gasteiger partial charge in [-0.1, -0.05) is 12.1 Å². The Kier molecular flexibility index (Phi) is 12.8. The standard InChI is InChI=1S/C23H37NO6.H2/c1-19(24-22(26)30-23(2,3)4)20-10-8-11-21(18-20)29-16-7-5-6-13-27-14-9-15-28-17-12-25;/h8,10-12,18-19H,5-7,9,13-17H2,1-4H3,(H,24,26);1H/t19-;/m1./s1. The fraction of sp³-hybridized carbons (Fsp3) is 0.652. The lowest BCUT2D eigenvalue weighted by molar-refractivity contribution is -0.112. The maximum absolute atomic E-state index is 11.9. The van der Waals surface area contributed by atoms with Gasteiger partial charge in [-0.2, -0.15) is 0 Å². The monoisotopic (exact) mass is 425 g/mol. The lowest BCUT2D eigenvalue weighted by Crippen LogP contribution is -2.34. The highest BCUT2D eigenvalue weighted by Gasteiger charge is 2.18. The first-order chi connectivity index (χ1) is 14.3. The van der Waals surface area contributed by atoms with Crippen LogP contribution in [0.15, 0.2) is 24.3 Å². The number of nitrogens with one attached hydrogen (secondary N) is 1. The first-order valence-electron chi connectivity index (χ1n) is 10.6. The molecule has 1 aromatic rings. The van der Waals surface area contributed by atoms with Crippen LogP contribution in [0.2, 0.25) is 0 Å². The van der Waals surface area contributed by atoms with Crippen molar-refractivity contribution >= 4 is 12.4 Å². The van der Waals surface area contributed by atoms with Gasteiger partial charge in [-0.05, 0) is 71.1 Å². The average molecular weight is 426 g/mol. The van der Waals surface area contributed by atoms with Gasteiger partial charge >= 0.3 is 6.09 Å². The molecule has 30 heavy (non-hydrogen) atoms. The van der Waals surface area contributed by atoms with Crippen LogP contribution in [0.3, 0.4) is 0 Å². The van der Waals surface area contributed by atoms with Crippen molar-refractivity contribution in [1.29, 1.82) is 0 Å². The SMILES string of the molecule is C[C@@H](NC(=O)OC(C)(C)C)c1cccc(OCCCCCOCCCOCC=O)c1.[HH]. The number of ether oxygens (including phenoxy) is 4. The van der Waals surface area contributed by atoms with Crippen LogP contribution >= 0.6 is 0 Å². The number of alkyl carbamates (subject to hydrolysis) is 1. The van der Waals surface area contributed by atoms with Gasteiger partial charge in [0.2, 0.25) is 0 Å². The van der Waals surface area contributed by atoms with Gasteiger partial charge in [-0.15, -0.1) is 0 Å². The van der Waals surface area contributed by atoms with Gasteiger partial charge in [0, 0.05) is 21.2 Å². The van der Waals surface area contributed by atoms with Gasteiger partial charge < -0.3 is 29.1 Å². The van der Waals surface area contributed by atoms with Crippen LogP contribution in [0, 0.1) is 0 Å². The number of amides is 1. The van der Waals surface area contributed by atoms with Crippen LogP contribution < -0.4 is 10.1 Å². The van der Waals surface area contributed by atoms with E-state index in [2.05, 4.69) is 5.32 Å². The predicted octanol–water partition coefficient (Wildman–Crippen LogP) is 4.69. The van der Waals surface area contributed by atoms with Crippen LogP contribution in [-0.4, -0.2) is 51.0 Å². The van der Waals surface area contributed by atoms with Crippen LogP contribution in [0.25, 0.3) is 0 Å². The molecule has 172 valence electrons. The van der Waals surface area contributed by atoms with Crippen molar-refractivity contribution in [2.45, 2.75) is 65.0 Å². The van der Waals surface area contributed by atoms with Crippen molar-refractivity contribution < 1.29 is 30.0 Å². The van der Waals surface area contributed by atoms with Crippen molar-refractivity contribution in [2.75, 3.05) is 33.0 Å². The molecule has 0 aliphatic carbocycles. The van der Waals surface area contributed by atoms with Gasteiger partial charge in [0.15, 0.2) is 0 Å². The molecular weight excluding hydrogens is 386 g/mol. The number of carbonyl (C=O) groups is 2. The van der Waals surface area contributed by atoms with E-state index in [-0.39, 0.29) is 14.1 Å². The van der Waals surface area contributed by atoms with Crippen molar-refractivity contribution in [1.82, 2.24) is 5.32 Å². The summed E-state index contributed by atoms with van der Waals surface area (Å²) in [5.74, 6) is 0.789. The lowest BCUT2D eigenvalue weighted by atomic mass is 10.1. The third kappa shape index (κ3) is 13.2. The number of carbonyl (C=O) groups excluding carboxylic acids is 2. The molecule has 0 saturated carbocycles. The molecule has 1 amide bonds. The van der Waals surface area contributed by atoms with E-state index in [1.165, 1.54) is 0 Å². The Morgan fingerprint density at radius 3 is 2.50 bits per heavy atom. The third-order valence-electron chi connectivity index (χ3n) is 4.06. The molecule has 0 bridgehead atoms. The Morgan fingerprint density at radius 2 is 1.77 bits per heavy atom. The Labute approximate surface area is 181 Å². The van der Waals surface area contributed by atoms with E-state index in [4.69, 9.17) is 18.9 Å². The van der Waals surface area contributed by atoms with E-state index in [9.17, 15) is 9.59 Å².